The van der Waals surface area contributed by atoms with E-state index in [1.54, 1.807) is 17.8 Å². The molecule has 2 rings (SSSR count). The quantitative estimate of drug-likeness (QED) is 0.563. The fourth-order valence-electron chi connectivity index (χ4n) is 3.62. The maximum atomic E-state index is 13.1. The molecular formula is C21H32F3N3S. The van der Waals surface area contributed by atoms with E-state index in [0.29, 0.717) is 18.2 Å². The minimum Gasteiger partial charge on any atom is -0.344 e. The molecule has 1 aliphatic rings. The number of hydrogen-bond acceptors (Lipinski definition) is 3. The third-order valence-electron chi connectivity index (χ3n) is 4.44. The Labute approximate surface area is 171 Å². The first-order chi connectivity index (χ1) is 12.7. The van der Waals surface area contributed by atoms with Gasteiger partial charge in [0.15, 0.2) is 5.17 Å². The molecule has 7 heteroatoms. The normalized spacial score (nSPS) is 18.3. The minimum absolute atomic E-state index is 0.166. The second-order valence-corrected chi connectivity index (χ2v) is 10.4. The van der Waals surface area contributed by atoms with E-state index in [0.717, 1.165) is 17.7 Å². The summed E-state index contributed by atoms with van der Waals surface area (Å²) in [6.45, 7) is 15.6. The SMILES string of the molecule is CC(C)N1CN(c2cccc(C(F)(F)F)c2)CSC1=NC(C)(C)CC(C)(C)C. The average molecular weight is 416 g/mol. The van der Waals surface area contributed by atoms with Gasteiger partial charge in [0.25, 0.3) is 0 Å². The third kappa shape index (κ3) is 6.33. The first-order valence-electron chi connectivity index (χ1n) is 9.59. The summed E-state index contributed by atoms with van der Waals surface area (Å²) in [5, 5.41) is 0.965. The second kappa shape index (κ2) is 8.17. The third-order valence-corrected chi connectivity index (χ3v) is 5.47. The van der Waals surface area contributed by atoms with E-state index < -0.39 is 11.7 Å². The highest BCUT2D eigenvalue weighted by Gasteiger charge is 2.33. The smallest absolute Gasteiger partial charge is 0.344 e. The van der Waals surface area contributed by atoms with Gasteiger partial charge in [-0.2, -0.15) is 13.2 Å². The molecule has 1 aliphatic heterocycles. The lowest BCUT2D eigenvalue weighted by Crippen LogP contribution is -2.49. The lowest BCUT2D eigenvalue weighted by atomic mass is 9.82. The van der Waals surface area contributed by atoms with Crippen LogP contribution >= 0.6 is 11.8 Å². The van der Waals surface area contributed by atoms with E-state index in [9.17, 15) is 13.2 Å². The van der Waals surface area contributed by atoms with Crippen molar-refractivity contribution in [2.75, 3.05) is 17.4 Å². The Kier molecular flexibility index (Phi) is 6.68. The molecule has 0 aliphatic carbocycles. The molecular weight excluding hydrogens is 383 g/mol. The van der Waals surface area contributed by atoms with Crippen LogP contribution in [0.3, 0.4) is 0 Å². The summed E-state index contributed by atoms with van der Waals surface area (Å²) in [4.78, 5) is 9.17. The van der Waals surface area contributed by atoms with Gasteiger partial charge in [-0.3, -0.25) is 4.99 Å². The van der Waals surface area contributed by atoms with Gasteiger partial charge in [-0.05, 0) is 57.7 Å². The number of hydrogen-bond donors (Lipinski definition) is 0. The van der Waals surface area contributed by atoms with E-state index >= 15 is 0 Å². The van der Waals surface area contributed by atoms with E-state index in [-0.39, 0.29) is 17.0 Å². The zero-order valence-electron chi connectivity index (χ0n) is 17.9. The first-order valence-corrected chi connectivity index (χ1v) is 10.6. The Morgan fingerprint density at radius 2 is 1.75 bits per heavy atom. The molecule has 0 atom stereocenters. The zero-order valence-corrected chi connectivity index (χ0v) is 18.7. The molecule has 0 radical (unpaired) electrons. The molecule has 1 aromatic rings. The molecule has 0 spiro atoms. The molecule has 1 saturated heterocycles. The molecule has 0 amide bonds. The number of anilines is 1. The topological polar surface area (TPSA) is 18.8 Å². The van der Waals surface area contributed by atoms with Crippen LogP contribution in [0.4, 0.5) is 18.9 Å². The highest BCUT2D eigenvalue weighted by molar-refractivity contribution is 8.13. The Balaban J connectivity index is 2.25. The van der Waals surface area contributed by atoms with Gasteiger partial charge in [-0.15, -0.1) is 0 Å². The fraction of sp³-hybridized carbons (Fsp3) is 0.667. The summed E-state index contributed by atoms with van der Waals surface area (Å²) in [6, 6.07) is 5.75. The van der Waals surface area contributed by atoms with Crippen LogP contribution in [0.15, 0.2) is 29.3 Å². The van der Waals surface area contributed by atoms with Gasteiger partial charge in [-0.1, -0.05) is 38.6 Å². The van der Waals surface area contributed by atoms with Crippen LogP contribution < -0.4 is 4.90 Å². The van der Waals surface area contributed by atoms with E-state index in [1.165, 1.54) is 12.1 Å². The standard InChI is InChI=1S/C21H32F3N3S/c1-15(2)27-13-26(17-10-8-9-16(11-17)21(22,23)24)14-28-18(27)25-20(6,7)12-19(3,4)5/h8-11,15H,12-14H2,1-7H3. The second-order valence-electron chi connectivity index (χ2n) is 9.51. The van der Waals surface area contributed by atoms with Crippen molar-refractivity contribution in [3.05, 3.63) is 29.8 Å². The molecule has 0 bridgehead atoms. The monoisotopic (exact) mass is 415 g/mol. The van der Waals surface area contributed by atoms with E-state index in [1.807, 2.05) is 4.90 Å². The predicted octanol–water partition coefficient (Wildman–Crippen LogP) is 6.45. The summed E-state index contributed by atoms with van der Waals surface area (Å²) in [7, 11) is 0. The van der Waals surface area contributed by atoms with Crippen LogP contribution in [-0.2, 0) is 6.18 Å². The van der Waals surface area contributed by atoms with Crippen LogP contribution in [0.5, 0.6) is 0 Å². The molecule has 3 nitrogen and oxygen atoms in total. The van der Waals surface area contributed by atoms with Crippen LogP contribution in [0.25, 0.3) is 0 Å². The van der Waals surface area contributed by atoms with Crippen LogP contribution in [-0.4, -0.2) is 34.2 Å². The van der Waals surface area contributed by atoms with Crippen LogP contribution in [0.2, 0.25) is 0 Å². The highest BCUT2D eigenvalue weighted by atomic mass is 32.2. The summed E-state index contributed by atoms with van der Waals surface area (Å²) < 4.78 is 39.2. The Bertz CT molecular complexity index is 706. The van der Waals surface area contributed by atoms with Gasteiger partial charge >= 0.3 is 6.18 Å². The van der Waals surface area contributed by atoms with Gasteiger partial charge in [-0.25, -0.2) is 0 Å². The number of aliphatic imine (C=N–C) groups is 1. The van der Waals surface area contributed by atoms with Gasteiger partial charge in [0.05, 0.1) is 23.6 Å². The molecule has 158 valence electrons. The molecule has 1 aromatic carbocycles. The number of alkyl halides is 3. The molecule has 28 heavy (non-hydrogen) atoms. The number of rotatable bonds is 4. The van der Waals surface area contributed by atoms with Gasteiger partial charge in [0.1, 0.15) is 0 Å². The maximum absolute atomic E-state index is 13.1. The molecule has 1 fully saturated rings. The molecule has 0 unspecified atom stereocenters. The van der Waals surface area contributed by atoms with Crippen molar-refractivity contribution in [2.45, 2.75) is 72.6 Å². The van der Waals surface area contributed by atoms with Crippen molar-refractivity contribution in [1.29, 1.82) is 0 Å². The molecule has 0 saturated carbocycles. The van der Waals surface area contributed by atoms with Gasteiger partial charge in [0, 0.05) is 11.7 Å². The van der Waals surface area contributed by atoms with Gasteiger partial charge < -0.3 is 9.80 Å². The number of amidine groups is 1. The fourth-order valence-corrected chi connectivity index (χ4v) is 4.86. The highest BCUT2D eigenvalue weighted by Crippen LogP contribution is 2.35. The lowest BCUT2D eigenvalue weighted by Gasteiger charge is -2.42. The largest absolute Gasteiger partial charge is 0.416 e. The summed E-state index contributed by atoms with van der Waals surface area (Å²) >= 11 is 1.59. The summed E-state index contributed by atoms with van der Waals surface area (Å²) in [6.07, 6.45) is -3.38. The van der Waals surface area contributed by atoms with Crippen molar-refractivity contribution in [1.82, 2.24) is 4.90 Å². The van der Waals surface area contributed by atoms with Crippen LogP contribution in [0.1, 0.15) is 60.5 Å². The van der Waals surface area contributed by atoms with Crippen molar-refractivity contribution >= 4 is 22.6 Å². The number of halogens is 3. The van der Waals surface area contributed by atoms with Crippen molar-refractivity contribution in [3.8, 4) is 0 Å². The van der Waals surface area contributed by atoms with E-state index in [4.69, 9.17) is 4.99 Å². The molecule has 0 N–H and O–H groups in total. The molecule has 0 aromatic heterocycles. The van der Waals surface area contributed by atoms with Gasteiger partial charge in [0.2, 0.25) is 0 Å². The Hall–Kier alpha value is -1.37. The van der Waals surface area contributed by atoms with Crippen molar-refractivity contribution in [3.63, 3.8) is 0 Å². The minimum atomic E-state index is -4.33. The molecule has 1 heterocycles. The number of nitrogens with zero attached hydrogens (tertiary/aromatic N) is 3. The van der Waals surface area contributed by atoms with Crippen molar-refractivity contribution < 1.29 is 13.2 Å². The first kappa shape index (κ1) is 22.9. The van der Waals surface area contributed by atoms with E-state index in [2.05, 4.69) is 53.4 Å². The summed E-state index contributed by atoms with van der Waals surface area (Å²) in [5.41, 5.74) is -0.0658. The predicted molar refractivity (Wildman–Crippen MR) is 114 cm³/mol. The Morgan fingerprint density at radius 1 is 1.11 bits per heavy atom. The number of benzene rings is 1. The zero-order chi connectivity index (χ0) is 21.3. The number of thioether (sulfide) groups is 1. The average Bonchev–Trinajstić information content (AvgIpc) is 2.51. The lowest BCUT2D eigenvalue weighted by molar-refractivity contribution is -0.137. The maximum Gasteiger partial charge on any atom is 0.416 e. The summed E-state index contributed by atoms with van der Waals surface area (Å²) in [5.74, 6) is 0.578. The Morgan fingerprint density at radius 3 is 2.29 bits per heavy atom. The van der Waals surface area contributed by atoms with Crippen LogP contribution in [0, 0.1) is 5.41 Å². The van der Waals surface area contributed by atoms with Crippen molar-refractivity contribution in [2.24, 2.45) is 10.4 Å².